The van der Waals surface area contributed by atoms with Crippen LogP contribution in [-0.2, 0) is 0 Å². The third-order valence-electron chi connectivity index (χ3n) is 2.68. The molecule has 19 heavy (non-hydrogen) atoms. The van der Waals surface area contributed by atoms with E-state index < -0.39 is 0 Å². The van der Waals surface area contributed by atoms with Crippen molar-refractivity contribution in [3.63, 3.8) is 0 Å². The molecule has 0 aliphatic heterocycles. The molecule has 2 heterocycles. The maximum atomic E-state index is 5.25. The van der Waals surface area contributed by atoms with Gasteiger partial charge in [0.15, 0.2) is 0 Å². The number of hydrogen-bond acceptors (Lipinski definition) is 5. The summed E-state index contributed by atoms with van der Waals surface area (Å²) in [5, 5.41) is 3.98. The predicted molar refractivity (Wildman–Crippen MR) is 69.5 cm³/mol. The molecular formula is C14H11N3O2. The minimum Gasteiger partial charge on any atom is -0.497 e. The summed E-state index contributed by atoms with van der Waals surface area (Å²) in [6.45, 7) is 0. The summed E-state index contributed by atoms with van der Waals surface area (Å²) in [6.07, 6.45) is 3.37. The maximum absolute atomic E-state index is 5.25. The molecule has 5 heteroatoms. The first-order valence-corrected chi connectivity index (χ1v) is 5.75. The lowest BCUT2D eigenvalue weighted by atomic mass is 10.2. The van der Waals surface area contributed by atoms with Crippen molar-refractivity contribution in [2.75, 3.05) is 7.11 Å². The zero-order valence-electron chi connectivity index (χ0n) is 10.3. The first-order chi connectivity index (χ1) is 9.36. The molecule has 0 N–H and O–H groups in total. The molecule has 0 aliphatic rings. The molecule has 0 saturated carbocycles. The second-order valence-corrected chi connectivity index (χ2v) is 3.89. The monoisotopic (exact) mass is 253 g/mol. The Kier molecular flexibility index (Phi) is 2.94. The largest absolute Gasteiger partial charge is 0.497 e. The van der Waals surface area contributed by atoms with E-state index in [1.807, 2.05) is 36.4 Å². The standard InChI is InChI=1S/C14H11N3O2/c1-18-12-4-2-3-11(9-12)13-16-14(19-17-13)10-5-7-15-8-6-10/h2-9H,1H3. The topological polar surface area (TPSA) is 61.0 Å². The van der Waals surface area contributed by atoms with Crippen molar-refractivity contribution in [3.05, 3.63) is 48.8 Å². The second-order valence-electron chi connectivity index (χ2n) is 3.89. The Bertz CT molecular complexity index is 680. The Morgan fingerprint density at radius 1 is 1.05 bits per heavy atom. The Balaban J connectivity index is 1.97. The van der Waals surface area contributed by atoms with Crippen molar-refractivity contribution in [2.24, 2.45) is 0 Å². The normalized spacial score (nSPS) is 10.4. The van der Waals surface area contributed by atoms with E-state index >= 15 is 0 Å². The van der Waals surface area contributed by atoms with Gasteiger partial charge in [0.05, 0.1) is 7.11 Å². The van der Waals surface area contributed by atoms with Crippen LogP contribution in [0.4, 0.5) is 0 Å². The summed E-state index contributed by atoms with van der Waals surface area (Å²) in [7, 11) is 1.62. The van der Waals surface area contributed by atoms with Crippen LogP contribution in [0.15, 0.2) is 53.3 Å². The molecule has 94 valence electrons. The van der Waals surface area contributed by atoms with E-state index in [2.05, 4.69) is 15.1 Å². The van der Waals surface area contributed by atoms with Gasteiger partial charge in [-0.2, -0.15) is 4.98 Å². The number of pyridine rings is 1. The first-order valence-electron chi connectivity index (χ1n) is 5.75. The summed E-state index contributed by atoms with van der Waals surface area (Å²) in [6, 6.07) is 11.2. The van der Waals surface area contributed by atoms with Crippen LogP contribution in [0.1, 0.15) is 0 Å². The van der Waals surface area contributed by atoms with Gasteiger partial charge in [0, 0.05) is 23.5 Å². The predicted octanol–water partition coefficient (Wildman–Crippen LogP) is 2.81. The number of ether oxygens (including phenoxy) is 1. The van der Waals surface area contributed by atoms with Crippen molar-refractivity contribution < 1.29 is 9.26 Å². The van der Waals surface area contributed by atoms with Crippen molar-refractivity contribution in [1.29, 1.82) is 0 Å². The van der Waals surface area contributed by atoms with Gasteiger partial charge in [-0.25, -0.2) is 0 Å². The highest BCUT2D eigenvalue weighted by Crippen LogP contribution is 2.24. The van der Waals surface area contributed by atoms with Crippen LogP contribution in [-0.4, -0.2) is 22.2 Å². The molecule has 3 rings (SSSR count). The molecule has 1 aromatic carbocycles. The van der Waals surface area contributed by atoms with Gasteiger partial charge in [-0.3, -0.25) is 4.98 Å². The highest BCUT2D eigenvalue weighted by Gasteiger charge is 2.10. The highest BCUT2D eigenvalue weighted by molar-refractivity contribution is 5.60. The Morgan fingerprint density at radius 3 is 2.68 bits per heavy atom. The molecule has 3 aromatic rings. The summed E-state index contributed by atoms with van der Waals surface area (Å²) < 4.78 is 10.4. The third-order valence-corrected chi connectivity index (χ3v) is 2.68. The smallest absolute Gasteiger partial charge is 0.258 e. The van der Waals surface area contributed by atoms with E-state index in [0.717, 1.165) is 16.9 Å². The van der Waals surface area contributed by atoms with Gasteiger partial charge in [0.1, 0.15) is 5.75 Å². The average Bonchev–Trinajstić information content (AvgIpc) is 2.98. The number of nitrogens with zero attached hydrogens (tertiary/aromatic N) is 3. The fourth-order valence-electron chi connectivity index (χ4n) is 1.71. The van der Waals surface area contributed by atoms with E-state index in [0.29, 0.717) is 11.7 Å². The fraction of sp³-hybridized carbons (Fsp3) is 0.0714. The minimum absolute atomic E-state index is 0.472. The zero-order valence-corrected chi connectivity index (χ0v) is 10.3. The van der Waals surface area contributed by atoms with E-state index in [-0.39, 0.29) is 0 Å². The van der Waals surface area contributed by atoms with Gasteiger partial charge in [0.2, 0.25) is 5.82 Å². The van der Waals surface area contributed by atoms with E-state index in [4.69, 9.17) is 9.26 Å². The average molecular weight is 253 g/mol. The number of methoxy groups -OCH3 is 1. The van der Waals surface area contributed by atoms with E-state index in [9.17, 15) is 0 Å². The third kappa shape index (κ3) is 2.30. The lowest BCUT2D eigenvalue weighted by Crippen LogP contribution is -1.85. The molecule has 0 atom stereocenters. The van der Waals surface area contributed by atoms with Crippen LogP contribution in [0.3, 0.4) is 0 Å². The van der Waals surface area contributed by atoms with Gasteiger partial charge in [-0.1, -0.05) is 17.3 Å². The Morgan fingerprint density at radius 2 is 1.89 bits per heavy atom. The van der Waals surface area contributed by atoms with Crippen molar-refractivity contribution >= 4 is 0 Å². The summed E-state index contributed by atoms with van der Waals surface area (Å²) in [5.74, 6) is 1.76. The first kappa shape index (κ1) is 11.4. The van der Waals surface area contributed by atoms with Crippen molar-refractivity contribution in [1.82, 2.24) is 15.1 Å². The molecule has 0 radical (unpaired) electrons. The number of hydrogen-bond donors (Lipinski definition) is 0. The molecule has 5 nitrogen and oxygen atoms in total. The van der Waals surface area contributed by atoms with Crippen LogP contribution in [0.5, 0.6) is 5.75 Å². The Labute approximate surface area is 109 Å². The molecule has 0 saturated heterocycles. The molecule has 0 fully saturated rings. The van der Waals surface area contributed by atoms with Crippen LogP contribution in [0.25, 0.3) is 22.8 Å². The molecule has 0 bridgehead atoms. The molecule has 0 amide bonds. The van der Waals surface area contributed by atoms with Crippen LogP contribution < -0.4 is 4.74 Å². The van der Waals surface area contributed by atoms with E-state index in [1.54, 1.807) is 19.5 Å². The molecule has 2 aromatic heterocycles. The minimum atomic E-state index is 0.472. The van der Waals surface area contributed by atoms with Crippen molar-refractivity contribution in [3.8, 4) is 28.6 Å². The number of aromatic nitrogens is 3. The summed E-state index contributed by atoms with van der Waals surface area (Å²) >= 11 is 0. The molecule has 0 aliphatic carbocycles. The van der Waals surface area contributed by atoms with Gasteiger partial charge in [-0.15, -0.1) is 0 Å². The Hall–Kier alpha value is -2.69. The SMILES string of the molecule is COc1cccc(-c2noc(-c3ccncc3)n2)c1. The van der Waals surface area contributed by atoms with Crippen LogP contribution in [0.2, 0.25) is 0 Å². The lowest BCUT2D eigenvalue weighted by Gasteiger charge is -1.99. The molecule has 0 spiro atoms. The maximum Gasteiger partial charge on any atom is 0.258 e. The van der Waals surface area contributed by atoms with Crippen LogP contribution >= 0.6 is 0 Å². The molecule has 0 unspecified atom stereocenters. The van der Waals surface area contributed by atoms with Gasteiger partial charge in [-0.05, 0) is 24.3 Å². The lowest BCUT2D eigenvalue weighted by molar-refractivity contribution is 0.414. The van der Waals surface area contributed by atoms with Crippen LogP contribution in [0, 0.1) is 0 Å². The van der Waals surface area contributed by atoms with Crippen molar-refractivity contribution in [2.45, 2.75) is 0 Å². The van der Waals surface area contributed by atoms with E-state index in [1.165, 1.54) is 0 Å². The number of rotatable bonds is 3. The summed E-state index contributed by atoms with van der Waals surface area (Å²) in [5.41, 5.74) is 1.69. The second kappa shape index (κ2) is 4.89. The van der Waals surface area contributed by atoms with Gasteiger partial charge < -0.3 is 9.26 Å². The molecular weight excluding hydrogens is 242 g/mol. The number of benzene rings is 1. The summed E-state index contributed by atoms with van der Waals surface area (Å²) in [4.78, 5) is 8.32. The zero-order chi connectivity index (χ0) is 13.1. The quantitative estimate of drug-likeness (QED) is 0.718. The highest BCUT2D eigenvalue weighted by atomic mass is 16.5. The van der Waals surface area contributed by atoms with Gasteiger partial charge >= 0.3 is 0 Å². The fourth-order valence-corrected chi connectivity index (χ4v) is 1.71. The van der Waals surface area contributed by atoms with Gasteiger partial charge in [0.25, 0.3) is 5.89 Å².